The molecule has 0 unspecified atom stereocenters. The molecule has 3 aromatic rings. The minimum absolute atomic E-state index is 0.202. The maximum absolute atomic E-state index is 13.2. The number of anilines is 1. The van der Waals surface area contributed by atoms with Crippen molar-refractivity contribution in [2.45, 2.75) is 37.8 Å². The van der Waals surface area contributed by atoms with Crippen molar-refractivity contribution in [3.05, 3.63) is 102 Å². The van der Waals surface area contributed by atoms with Crippen LogP contribution in [0.25, 0.3) is 0 Å². The third-order valence-electron chi connectivity index (χ3n) is 7.87. The first kappa shape index (κ1) is 23.6. The summed E-state index contributed by atoms with van der Waals surface area (Å²) >= 11 is 0. The first-order valence-electron chi connectivity index (χ1n) is 13.0. The Morgan fingerprint density at radius 3 is 2.09 bits per heavy atom. The van der Waals surface area contributed by atoms with Crippen LogP contribution in [0.15, 0.2) is 84.9 Å². The molecule has 0 saturated carbocycles. The van der Waals surface area contributed by atoms with E-state index in [2.05, 4.69) is 114 Å². The lowest BCUT2D eigenvalue weighted by Crippen LogP contribution is -2.56. The van der Waals surface area contributed by atoms with E-state index in [1.54, 1.807) is 0 Å². The molecule has 0 bridgehead atoms. The number of benzene rings is 3. The van der Waals surface area contributed by atoms with Crippen molar-refractivity contribution in [1.82, 2.24) is 9.80 Å². The van der Waals surface area contributed by atoms with Crippen LogP contribution < -0.4 is 4.90 Å². The number of nitrogens with zero attached hydrogens (tertiary/aromatic N) is 3. The molecule has 2 aliphatic rings. The highest BCUT2D eigenvalue weighted by Gasteiger charge is 2.40. The third-order valence-corrected chi connectivity index (χ3v) is 7.87. The minimum atomic E-state index is 0.202. The van der Waals surface area contributed by atoms with Crippen LogP contribution in [0.5, 0.6) is 0 Å². The van der Waals surface area contributed by atoms with Gasteiger partial charge in [-0.15, -0.1) is 0 Å². The van der Waals surface area contributed by atoms with E-state index in [0.29, 0.717) is 24.3 Å². The number of fused-ring (bicyclic) bond motifs is 1. The van der Waals surface area contributed by atoms with Gasteiger partial charge >= 0.3 is 0 Å². The van der Waals surface area contributed by atoms with Gasteiger partial charge in [0.15, 0.2) is 0 Å². The van der Waals surface area contributed by atoms with Crippen LogP contribution in [0.1, 0.15) is 41.9 Å². The molecule has 2 heterocycles. The van der Waals surface area contributed by atoms with E-state index in [4.69, 9.17) is 0 Å². The van der Waals surface area contributed by atoms with Gasteiger partial charge < -0.3 is 9.80 Å². The molecule has 4 nitrogen and oxygen atoms in total. The number of carbonyl (C=O) groups excluding carboxylic acids is 1. The summed E-state index contributed by atoms with van der Waals surface area (Å²) < 4.78 is 0. The molecule has 0 aliphatic carbocycles. The van der Waals surface area contributed by atoms with E-state index in [9.17, 15) is 4.79 Å². The molecule has 0 aromatic heterocycles. The number of hydrogen-bond acceptors (Lipinski definition) is 3. The van der Waals surface area contributed by atoms with Crippen molar-refractivity contribution in [1.29, 1.82) is 0 Å². The van der Waals surface area contributed by atoms with Gasteiger partial charge in [0.1, 0.15) is 0 Å². The van der Waals surface area contributed by atoms with Crippen LogP contribution in [0.2, 0.25) is 0 Å². The Balaban J connectivity index is 1.30. The van der Waals surface area contributed by atoms with Gasteiger partial charge in [-0.2, -0.15) is 0 Å². The summed E-state index contributed by atoms with van der Waals surface area (Å²) in [5.41, 5.74) is 5.17. The molecule has 35 heavy (non-hydrogen) atoms. The predicted molar refractivity (Wildman–Crippen MR) is 144 cm³/mol. The first-order valence-corrected chi connectivity index (χ1v) is 13.0. The fourth-order valence-electron chi connectivity index (χ4n) is 5.94. The lowest BCUT2D eigenvalue weighted by molar-refractivity contribution is -0.141. The second kappa shape index (κ2) is 10.7. The zero-order valence-electron chi connectivity index (χ0n) is 21.0. The summed E-state index contributed by atoms with van der Waals surface area (Å²) in [5.74, 6) is 1.08. The standard InChI is InChI=1S/C31H37N3O/c1-32(2)28-16-13-24(14-17-28)21-33-20-19-30-27(22-33)15-18-31(35)34(30)23-29(25-9-5-3-6-10-25)26-11-7-4-8-12-26/h3-14,16-17,27,29-30H,15,18-23H2,1-2H3/t27-,30+/m1/s1. The van der Waals surface area contributed by atoms with Gasteiger partial charge in [-0.25, -0.2) is 0 Å². The summed E-state index contributed by atoms with van der Waals surface area (Å²) in [6, 6.07) is 30.6. The maximum Gasteiger partial charge on any atom is 0.222 e. The molecule has 182 valence electrons. The number of hydrogen-bond donors (Lipinski definition) is 0. The highest BCUT2D eigenvalue weighted by Crippen LogP contribution is 2.35. The summed E-state index contributed by atoms with van der Waals surface area (Å²) in [7, 11) is 4.16. The van der Waals surface area contributed by atoms with Crippen LogP contribution in [-0.4, -0.2) is 55.5 Å². The minimum Gasteiger partial charge on any atom is -0.378 e. The van der Waals surface area contributed by atoms with Crippen LogP contribution in [0.3, 0.4) is 0 Å². The molecular weight excluding hydrogens is 430 g/mol. The van der Waals surface area contributed by atoms with Crippen molar-refractivity contribution in [2.24, 2.45) is 5.92 Å². The highest BCUT2D eigenvalue weighted by molar-refractivity contribution is 5.77. The van der Waals surface area contributed by atoms with Crippen molar-refractivity contribution >= 4 is 11.6 Å². The van der Waals surface area contributed by atoms with E-state index in [1.807, 2.05) is 0 Å². The zero-order chi connectivity index (χ0) is 24.2. The Kier molecular flexibility index (Phi) is 7.19. The smallest absolute Gasteiger partial charge is 0.222 e. The van der Waals surface area contributed by atoms with Crippen LogP contribution >= 0.6 is 0 Å². The lowest BCUT2D eigenvalue weighted by atomic mass is 9.81. The van der Waals surface area contributed by atoms with Gasteiger partial charge in [0, 0.05) is 64.3 Å². The Labute approximate surface area is 210 Å². The van der Waals surface area contributed by atoms with Gasteiger partial charge in [-0.05, 0) is 47.6 Å². The Hall–Kier alpha value is -3.11. The van der Waals surface area contributed by atoms with Crippen molar-refractivity contribution in [3.63, 3.8) is 0 Å². The van der Waals surface area contributed by atoms with Crippen molar-refractivity contribution < 1.29 is 4.79 Å². The monoisotopic (exact) mass is 467 g/mol. The van der Waals surface area contributed by atoms with E-state index in [-0.39, 0.29) is 5.92 Å². The molecule has 4 heteroatoms. The zero-order valence-corrected chi connectivity index (χ0v) is 21.0. The summed E-state index contributed by atoms with van der Waals surface area (Å²) in [4.78, 5) is 20.2. The molecule has 2 saturated heterocycles. The molecule has 2 atom stereocenters. The predicted octanol–water partition coefficient (Wildman–Crippen LogP) is 5.40. The van der Waals surface area contributed by atoms with Crippen LogP contribution in [-0.2, 0) is 11.3 Å². The fourth-order valence-corrected chi connectivity index (χ4v) is 5.94. The maximum atomic E-state index is 13.2. The summed E-state index contributed by atoms with van der Waals surface area (Å²) in [6.07, 6.45) is 2.74. The molecule has 5 rings (SSSR count). The first-order chi connectivity index (χ1) is 17.1. The second-order valence-electron chi connectivity index (χ2n) is 10.4. The van der Waals surface area contributed by atoms with E-state index >= 15 is 0 Å². The van der Waals surface area contributed by atoms with E-state index in [0.717, 1.165) is 39.0 Å². The molecule has 0 N–H and O–H groups in total. The van der Waals surface area contributed by atoms with Crippen LogP contribution in [0.4, 0.5) is 5.69 Å². The van der Waals surface area contributed by atoms with Gasteiger partial charge in [0.25, 0.3) is 0 Å². The van der Waals surface area contributed by atoms with Crippen LogP contribution in [0, 0.1) is 5.92 Å². The van der Waals surface area contributed by atoms with Gasteiger partial charge in [0.2, 0.25) is 5.91 Å². The topological polar surface area (TPSA) is 26.8 Å². The van der Waals surface area contributed by atoms with Gasteiger partial charge in [0.05, 0.1) is 0 Å². The summed E-state index contributed by atoms with van der Waals surface area (Å²) in [5, 5.41) is 0. The van der Waals surface area contributed by atoms with Gasteiger partial charge in [-0.1, -0.05) is 72.8 Å². The largest absolute Gasteiger partial charge is 0.378 e. The van der Waals surface area contributed by atoms with E-state index < -0.39 is 0 Å². The summed E-state index contributed by atoms with van der Waals surface area (Å²) in [6.45, 7) is 3.87. The fraction of sp³-hybridized carbons (Fsp3) is 0.387. The van der Waals surface area contributed by atoms with E-state index in [1.165, 1.54) is 22.4 Å². The number of piperidine rings is 2. The van der Waals surface area contributed by atoms with Gasteiger partial charge in [-0.3, -0.25) is 9.69 Å². The SMILES string of the molecule is CN(C)c1ccc(CN2CC[C@H]3[C@H](CCC(=O)N3CC(c3ccccc3)c3ccccc3)C2)cc1. The number of amides is 1. The van der Waals surface area contributed by atoms with Crippen molar-refractivity contribution in [2.75, 3.05) is 38.6 Å². The second-order valence-corrected chi connectivity index (χ2v) is 10.4. The Morgan fingerprint density at radius 2 is 1.49 bits per heavy atom. The molecule has 0 radical (unpaired) electrons. The molecule has 1 amide bonds. The molecule has 2 aliphatic heterocycles. The molecule has 3 aromatic carbocycles. The quantitative estimate of drug-likeness (QED) is 0.466. The average molecular weight is 468 g/mol. The number of likely N-dealkylation sites (tertiary alicyclic amines) is 2. The highest BCUT2D eigenvalue weighted by atomic mass is 16.2. The Morgan fingerprint density at radius 1 is 0.857 bits per heavy atom. The normalized spacial score (nSPS) is 20.7. The lowest BCUT2D eigenvalue weighted by Gasteiger charge is -2.48. The number of carbonyl (C=O) groups is 1. The molecule has 2 fully saturated rings. The number of rotatable bonds is 7. The third kappa shape index (κ3) is 5.43. The Bertz CT molecular complexity index is 1060. The molecule has 0 spiro atoms. The van der Waals surface area contributed by atoms with Crippen molar-refractivity contribution in [3.8, 4) is 0 Å². The molecular formula is C31H37N3O. The average Bonchev–Trinajstić information content (AvgIpc) is 2.89.